The van der Waals surface area contributed by atoms with E-state index in [1.165, 1.54) is 0 Å². The average Bonchev–Trinajstić information content (AvgIpc) is 2.61. The molecule has 0 bridgehead atoms. The number of hydrogen-bond donors (Lipinski definition) is 0. The number of benzene rings is 1. The molecule has 0 aliphatic carbocycles. The van der Waals surface area contributed by atoms with E-state index in [9.17, 15) is 0 Å². The fraction of sp³-hybridized carbons (Fsp3) is 0. The van der Waals surface area contributed by atoms with Gasteiger partial charge in [-0.05, 0) is 24.3 Å². The van der Waals surface area contributed by atoms with Crippen LogP contribution in [0.1, 0.15) is 0 Å². The molecule has 62 valence electrons. The molecule has 0 fully saturated rings. The summed E-state index contributed by atoms with van der Waals surface area (Å²) in [5.74, 6) is 0. The monoisotopic (exact) mass is 169 g/mol. The topological polar surface area (TPSA) is 26.0 Å². The van der Waals surface area contributed by atoms with Crippen molar-refractivity contribution in [1.29, 1.82) is 0 Å². The summed E-state index contributed by atoms with van der Waals surface area (Å²) in [4.78, 5) is 4.27. The van der Waals surface area contributed by atoms with Crippen LogP contribution in [0.5, 0.6) is 0 Å². The average molecular weight is 169 g/mol. The van der Waals surface area contributed by atoms with E-state index < -0.39 is 0 Å². The first-order valence-corrected chi connectivity index (χ1v) is 4.15. The molecule has 2 heteroatoms. The summed E-state index contributed by atoms with van der Waals surface area (Å²) in [5, 5.41) is 2.22. The first kappa shape index (κ1) is 6.66. The van der Waals surface area contributed by atoms with E-state index in [2.05, 4.69) is 4.98 Å². The Bertz CT molecular complexity index is 519. The van der Waals surface area contributed by atoms with E-state index >= 15 is 0 Å². The van der Waals surface area contributed by atoms with Crippen molar-refractivity contribution in [2.45, 2.75) is 0 Å². The lowest BCUT2D eigenvalue weighted by atomic mass is 10.2. The molecule has 3 rings (SSSR count). The van der Waals surface area contributed by atoms with E-state index in [0.717, 1.165) is 21.9 Å². The van der Waals surface area contributed by atoms with E-state index in [1.807, 2.05) is 30.3 Å². The summed E-state index contributed by atoms with van der Waals surface area (Å²) in [5.41, 5.74) is 1.93. The Morgan fingerprint density at radius 2 is 2.08 bits per heavy atom. The molecule has 2 heterocycles. The quantitative estimate of drug-likeness (QED) is 0.517. The molecule has 0 aliphatic heterocycles. The van der Waals surface area contributed by atoms with Crippen molar-refractivity contribution < 1.29 is 4.42 Å². The Balaban J connectivity index is 2.57. The highest BCUT2D eigenvalue weighted by Gasteiger charge is 1.99. The number of nitrogens with zero attached hydrogens (tertiary/aromatic N) is 1. The van der Waals surface area contributed by atoms with Crippen LogP contribution in [0.2, 0.25) is 0 Å². The van der Waals surface area contributed by atoms with Crippen LogP contribution in [-0.2, 0) is 0 Å². The molecule has 0 aliphatic rings. The second kappa shape index (κ2) is 2.33. The van der Waals surface area contributed by atoms with Gasteiger partial charge in [0.15, 0.2) is 0 Å². The molecule has 0 radical (unpaired) electrons. The maximum Gasteiger partial charge on any atom is 0.134 e. The number of hydrogen-bond acceptors (Lipinski definition) is 2. The van der Waals surface area contributed by atoms with Crippen molar-refractivity contribution in [3.63, 3.8) is 0 Å². The van der Waals surface area contributed by atoms with Crippen molar-refractivity contribution in [3.8, 4) is 0 Å². The Labute approximate surface area is 74.8 Å². The fourth-order valence-electron chi connectivity index (χ4n) is 1.53. The van der Waals surface area contributed by atoms with Crippen LogP contribution in [-0.4, -0.2) is 4.98 Å². The summed E-state index contributed by atoms with van der Waals surface area (Å²) in [7, 11) is 0. The third-order valence-corrected chi connectivity index (χ3v) is 2.18. The normalized spacial score (nSPS) is 11.1. The molecule has 0 spiro atoms. The highest BCUT2D eigenvalue weighted by atomic mass is 16.3. The molecule has 0 saturated heterocycles. The molecular formula is C11H7NO. The van der Waals surface area contributed by atoms with E-state index in [0.29, 0.717) is 0 Å². The van der Waals surface area contributed by atoms with Crippen LogP contribution in [0.15, 0.2) is 47.2 Å². The summed E-state index contributed by atoms with van der Waals surface area (Å²) in [6, 6.07) is 9.96. The second-order valence-electron chi connectivity index (χ2n) is 3.01. The van der Waals surface area contributed by atoms with Crippen molar-refractivity contribution in [2.75, 3.05) is 0 Å². The van der Waals surface area contributed by atoms with Crippen molar-refractivity contribution >= 4 is 21.9 Å². The lowest BCUT2D eigenvalue weighted by Crippen LogP contribution is -1.75. The molecule has 1 aromatic carbocycles. The van der Waals surface area contributed by atoms with Crippen molar-refractivity contribution in [1.82, 2.24) is 4.98 Å². The molecule has 3 aromatic rings. The molecule has 0 amide bonds. The van der Waals surface area contributed by atoms with Crippen LogP contribution < -0.4 is 0 Å². The minimum absolute atomic E-state index is 0.917. The molecule has 2 aromatic heterocycles. The number of pyridine rings is 1. The molecule has 0 saturated carbocycles. The van der Waals surface area contributed by atoms with Crippen molar-refractivity contribution in [2.24, 2.45) is 0 Å². The lowest BCUT2D eigenvalue weighted by Gasteiger charge is -1.94. The SMILES string of the molecule is c1cnc2cc3ccoc3cc2c1. The molecular weight excluding hydrogens is 162 g/mol. The number of furan rings is 1. The van der Waals surface area contributed by atoms with Gasteiger partial charge in [-0.15, -0.1) is 0 Å². The summed E-state index contributed by atoms with van der Waals surface area (Å²) in [6.45, 7) is 0. The van der Waals surface area contributed by atoms with Gasteiger partial charge in [-0.2, -0.15) is 0 Å². The molecule has 2 nitrogen and oxygen atoms in total. The van der Waals surface area contributed by atoms with Crippen LogP contribution in [0.25, 0.3) is 21.9 Å². The summed E-state index contributed by atoms with van der Waals surface area (Å²) in [6.07, 6.45) is 3.50. The predicted molar refractivity (Wildman–Crippen MR) is 51.5 cm³/mol. The molecule has 0 atom stereocenters. The lowest BCUT2D eigenvalue weighted by molar-refractivity contribution is 0.616. The van der Waals surface area contributed by atoms with Gasteiger partial charge in [0.25, 0.3) is 0 Å². The Morgan fingerprint density at radius 1 is 1.08 bits per heavy atom. The van der Waals surface area contributed by atoms with Gasteiger partial charge in [0.2, 0.25) is 0 Å². The van der Waals surface area contributed by atoms with Crippen molar-refractivity contribution in [3.05, 3.63) is 42.8 Å². The van der Waals surface area contributed by atoms with Gasteiger partial charge >= 0.3 is 0 Å². The maximum absolute atomic E-state index is 5.30. The summed E-state index contributed by atoms with van der Waals surface area (Å²) >= 11 is 0. The van der Waals surface area contributed by atoms with Gasteiger partial charge in [-0.1, -0.05) is 6.07 Å². The smallest absolute Gasteiger partial charge is 0.134 e. The highest BCUT2D eigenvalue weighted by Crippen LogP contribution is 2.21. The molecule has 0 N–H and O–H groups in total. The Hall–Kier alpha value is -1.83. The third kappa shape index (κ3) is 0.920. The standard InChI is InChI=1S/C11H7NO/c1-2-8-7-11-9(3-5-13-11)6-10(8)12-4-1/h1-7H. The van der Waals surface area contributed by atoms with Gasteiger partial charge in [-0.25, -0.2) is 0 Å². The summed E-state index contributed by atoms with van der Waals surface area (Å²) < 4.78 is 5.30. The van der Waals surface area contributed by atoms with Gasteiger partial charge in [-0.3, -0.25) is 4.98 Å². The van der Waals surface area contributed by atoms with E-state index in [-0.39, 0.29) is 0 Å². The largest absolute Gasteiger partial charge is 0.464 e. The molecule has 13 heavy (non-hydrogen) atoms. The zero-order valence-electron chi connectivity index (χ0n) is 6.90. The van der Waals surface area contributed by atoms with Gasteiger partial charge in [0, 0.05) is 17.0 Å². The van der Waals surface area contributed by atoms with Crippen LogP contribution >= 0.6 is 0 Å². The predicted octanol–water partition coefficient (Wildman–Crippen LogP) is 2.98. The minimum Gasteiger partial charge on any atom is -0.464 e. The number of fused-ring (bicyclic) bond motifs is 2. The van der Waals surface area contributed by atoms with Crippen LogP contribution in [0.3, 0.4) is 0 Å². The second-order valence-corrected chi connectivity index (χ2v) is 3.01. The van der Waals surface area contributed by atoms with Gasteiger partial charge in [0.1, 0.15) is 5.58 Å². The minimum atomic E-state index is 0.917. The van der Waals surface area contributed by atoms with E-state index in [4.69, 9.17) is 4.42 Å². The fourth-order valence-corrected chi connectivity index (χ4v) is 1.53. The highest BCUT2D eigenvalue weighted by molar-refractivity contribution is 5.93. The van der Waals surface area contributed by atoms with Crippen LogP contribution in [0.4, 0.5) is 0 Å². The Morgan fingerprint density at radius 3 is 3.08 bits per heavy atom. The number of rotatable bonds is 0. The first-order valence-electron chi connectivity index (χ1n) is 4.15. The number of aromatic nitrogens is 1. The van der Waals surface area contributed by atoms with E-state index in [1.54, 1.807) is 12.5 Å². The molecule has 0 unspecified atom stereocenters. The zero-order valence-corrected chi connectivity index (χ0v) is 6.90. The van der Waals surface area contributed by atoms with Gasteiger partial charge < -0.3 is 4.42 Å². The first-order chi connectivity index (χ1) is 6.43. The van der Waals surface area contributed by atoms with Crippen LogP contribution in [0, 0.1) is 0 Å². The Kier molecular flexibility index (Phi) is 1.19. The van der Waals surface area contributed by atoms with Gasteiger partial charge in [0.05, 0.1) is 11.8 Å². The zero-order chi connectivity index (χ0) is 8.67. The third-order valence-electron chi connectivity index (χ3n) is 2.18. The maximum atomic E-state index is 5.30.